The SMILES string of the molecule is CC1CCCC(C(=O)NC2Cc3ccccc3C2)C1. The fourth-order valence-corrected chi connectivity index (χ4v) is 3.65. The predicted octanol–water partition coefficient (Wildman–Crippen LogP) is 3.10. The van der Waals surface area contributed by atoms with Crippen LogP contribution in [0, 0.1) is 11.8 Å². The van der Waals surface area contributed by atoms with Gasteiger partial charge in [-0.25, -0.2) is 0 Å². The molecule has 2 atom stereocenters. The van der Waals surface area contributed by atoms with Gasteiger partial charge in [0.15, 0.2) is 0 Å². The van der Waals surface area contributed by atoms with Crippen LogP contribution in [0.15, 0.2) is 24.3 Å². The van der Waals surface area contributed by atoms with Gasteiger partial charge in [0.25, 0.3) is 0 Å². The highest BCUT2D eigenvalue weighted by atomic mass is 16.1. The Labute approximate surface area is 115 Å². The van der Waals surface area contributed by atoms with E-state index in [2.05, 4.69) is 36.5 Å². The lowest BCUT2D eigenvalue weighted by atomic mass is 9.82. The fourth-order valence-electron chi connectivity index (χ4n) is 3.65. The number of nitrogens with one attached hydrogen (secondary N) is 1. The summed E-state index contributed by atoms with van der Waals surface area (Å²) in [6.07, 6.45) is 6.67. The van der Waals surface area contributed by atoms with E-state index in [4.69, 9.17) is 0 Å². The van der Waals surface area contributed by atoms with Crippen LogP contribution < -0.4 is 5.32 Å². The van der Waals surface area contributed by atoms with Gasteiger partial charge in [0, 0.05) is 12.0 Å². The normalized spacial score (nSPS) is 27.0. The van der Waals surface area contributed by atoms with Crippen molar-refractivity contribution in [3.63, 3.8) is 0 Å². The molecule has 0 spiro atoms. The van der Waals surface area contributed by atoms with Crippen LogP contribution in [0.5, 0.6) is 0 Å². The Hall–Kier alpha value is -1.31. The molecule has 0 aromatic heterocycles. The molecule has 2 heteroatoms. The van der Waals surface area contributed by atoms with Crippen molar-refractivity contribution in [3.8, 4) is 0 Å². The maximum Gasteiger partial charge on any atom is 0.223 e. The average Bonchev–Trinajstić information content (AvgIpc) is 2.80. The molecule has 2 aliphatic rings. The summed E-state index contributed by atoms with van der Waals surface area (Å²) < 4.78 is 0. The summed E-state index contributed by atoms with van der Waals surface area (Å²) in [6, 6.07) is 8.87. The zero-order valence-corrected chi connectivity index (χ0v) is 11.7. The standard InChI is InChI=1S/C17H23NO/c1-12-5-4-8-15(9-12)17(19)18-16-10-13-6-2-3-7-14(13)11-16/h2-3,6-7,12,15-16H,4-5,8-11H2,1H3,(H,18,19). The molecule has 1 aromatic carbocycles. The number of carbonyl (C=O) groups excluding carboxylic acids is 1. The van der Waals surface area contributed by atoms with Crippen molar-refractivity contribution in [2.45, 2.75) is 51.5 Å². The number of carbonyl (C=O) groups is 1. The highest BCUT2D eigenvalue weighted by Gasteiger charge is 2.28. The number of benzene rings is 1. The van der Waals surface area contributed by atoms with E-state index in [9.17, 15) is 4.79 Å². The van der Waals surface area contributed by atoms with Gasteiger partial charge in [0.05, 0.1) is 0 Å². The van der Waals surface area contributed by atoms with Gasteiger partial charge in [-0.15, -0.1) is 0 Å². The topological polar surface area (TPSA) is 29.1 Å². The van der Waals surface area contributed by atoms with Gasteiger partial charge >= 0.3 is 0 Å². The zero-order valence-electron chi connectivity index (χ0n) is 11.7. The zero-order chi connectivity index (χ0) is 13.2. The van der Waals surface area contributed by atoms with Gasteiger partial charge in [-0.1, -0.05) is 44.0 Å². The quantitative estimate of drug-likeness (QED) is 0.866. The Bertz CT molecular complexity index is 443. The molecular formula is C17H23NO. The fraction of sp³-hybridized carbons (Fsp3) is 0.588. The number of amides is 1. The van der Waals surface area contributed by atoms with E-state index in [1.807, 2.05) is 0 Å². The molecule has 0 aliphatic heterocycles. The third-order valence-electron chi connectivity index (χ3n) is 4.70. The molecule has 1 saturated carbocycles. The van der Waals surface area contributed by atoms with E-state index in [0.717, 1.165) is 25.7 Å². The highest BCUT2D eigenvalue weighted by Crippen LogP contribution is 2.29. The van der Waals surface area contributed by atoms with Crippen molar-refractivity contribution in [2.75, 3.05) is 0 Å². The second kappa shape index (κ2) is 5.36. The summed E-state index contributed by atoms with van der Waals surface area (Å²) in [5, 5.41) is 3.28. The maximum atomic E-state index is 12.3. The first-order valence-electron chi connectivity index (χ1n) is 7.59. The average molecular weight is 257 g/mol. The number of rotatable bonds is 2. The van der Waals surface area contributed by atoms with Crippen LogP contribution >= 0.6 is 0 Å². The van der Waals surface area contributed by atoms with E-state index in [1.54, 1.807) is 0 Å². The Balaban J connectivity index is 1.57. The molecule has 0 heterocycles. The first kappa shape index (κ1) is 12.7. The lowest BCUT2D eigenvalue weighted by Crippen LogP contribution is -2.40. The molecule has 1 fully saturated rings. The largest absolute Gasteiger partial charge is 0.352 e. The summed E-state index contributed by atoms with van der Waals surface area (Å²) in [7, 11) is 0. The Morgan fingerprint density at radius 3 is 2.47 bits per heavy atom. The van der Waals surface area contributed by atoms with Crippen molar-refractivity contribution in [2.24, 2.45) is 11.8 Å². The van der Waals surface area contributed by atoms with Gasteiger partial charge in [-0.05, 0) is 42.7 Å². The Morgan fingerprint density at radius 1 is 1.16 bits per heavy atom. The van der Waals surface area contributed by atoms with Crippen LogP contribution in [-0.4, -0.2) is 11.9 Å². The second-order valence-electron chi connectivity index (χ2n) is 6.35. The van der Waals surface area contributed by atoms with Crippen LogP contribution in [-0.2, 0) is 17.6 Å². The minimum atomic E-state index is 0.257. The predicted molar refractivity (Wildman–Crippen MR) is 76.9 cm³/mol. The molecule has 0 saturated heterocycles. The van der Waals surface area contributed by atoms with Crippen LogP contribution in [0.1, 0.15) is 43.7 Å². The third-order valence-corrected chi connectivity index (χ3v) is 4.70. The molecule has 19 heavy (non-hydrogen) atoms. The summed E-state index contributed by atoms with van der Waals surface area (Å²) in [5.41, 5.74) is 2.81. The molecule has 3 rings (SSSR count). The van der Waals surface area contributed by atoms with E-state index in [1.165, 1.54) is 24.0 Å². The molecule has 1 N–H and O–H groups in total. The van der Waals surface area contributed by atoms with E-state index in [0.29, 0.717) is 17.9 Å². The molecule has 1 aromatic rings. The highest BCUT2D eigenvalue weighted by molar-refractivity contribution is 5.79. The Morgan fingerprint density at radius 2 is 1.84 bits per heavy atom. The first-order valence-corrected chi connectivity index (χ1v) is 7.59. The first-order chi connectivity index (χ1) is 9.22. The molecule has 0 bridgehead atoms. The lowest BCUT2D eigenvalue weighted by molar-refractivity contribution is -0.127. The van der Waals surface area contributed by atoms with Crippen molar-refractivity contribution < 1.29 is 4.79 Å². The van der Waals surface area contributed by atoms with Crippen molar-refractivity contribution in [1.82, 2.24) is 5.32 Å². The molecule has 1 amide bonds. The van der Waals surface area contributed by atoms with E-state index in [-0.39, 0.29) is 5.92 Å². The molecule has 2 aliphatic carbocycles. The van der Waals surface area contributed by atoms with Crippen molar-refractivity contribution in [3.05, 3.63) is 35.4 Å². The number of hydrogen-bond acceptors (Lipinski definition) is 1. The van der Waals surface area contributed by atoms with Crippen LogP contribution in [0.25, 0.3) is 0 Å². The third kappa shape index (κ3) is 2.83. The van der Waals surface area contributed by atoms with E-state index < -0.39 is 0 Å². The monoisotopic (exact) mass is 257 g/mol. The van der Waals surface area contributed by atoms with Crippen molar-refractivity contribution in [1.29, 1.82) is 0 Å². The van der Waals surface area contributed by atoms with Gasteiger partial charge in [-0.3, -0.25) is 4.79 Å². The second-order valence-corrected chi connectivity index (χ2v) is 6.35. The van der Waals surface area contributed by atoms with Crippen LogP contribution in [0.3, 0.4) is 0 Å². The molecule has 2 nitrogen and oxygen atoms in total. The summed E-state index contributed by atoms with van der Waals surface area (Å²) in [5.74, 6) is 1.27. The molecule has 2 unspecified atom stereocenters. The summed E-state index contributed by atoms with van der Waals surface area (Å²) >= 11 is 0. The number of fused-ring (bicyclic) bond motifs is 1. The summed E-state index contributed by atoms with van der Waals surface area (Å²) in [4.78, 5) is 12.3. The molecule has 102 valence electrons. The van der Waals surface area contributed by atoms with E-state index >= 15 is 0 Å². The minimum Gasteiger partial charge on any atom is -0.352 e. The van der Waals surface area contributed by atoms with Crippen LogP contribution in [0.2, 0.25) is 0 Å². The minimum absolute atomic E-state index is 0.257. The summed E-state index contributed by atoms with van der Waals surface area (Å²) in [6.45, 7) is 2.27. The van der Waals surface area contributed by atoms with Gasteiger partial charge in [-0.2, -0.15) is 0 Å². The number of hydrogen-bond donors (Lipinski definition) is 1. The van der Waals surface area contributed by atoms with Crippen LogP contribution in [0.4, 0.5) is 0 Å². The smallest absolute Gasteiger partial charge is 0.223 e. The van der Waals surface area contributed by atoms with Gasteiger partial charge < -0.3 is 5.32 Å². The lowest BCUT2D eigenvalue weighted by Gasteiger charge is -2.27. The molecular weight excluding hydrogens is 234 g/mol. The van der Waals surface area contributed by atoms with Gasteiger partial charge in [0.2, 0.25) is 5.91 Å². The Kier molecular flexibility index (Phi) is 3.58. The maximum absolute atomic E-state index is 12.3. The van der Waals surface area contributed by atoms with Crippen molar-refractivity contribution >= 4 is 5.91 Å². The molecule has 0 radical (unpaired) electrons. The van der Waals surface area contributed by atoms with Gasteiger partial charge in [0.1, 0.15) is 0 Å².